The number of carboxylic acids is 4. The van der Waals surface area contributed by atoms with Crippen molar-refractivity contribution in [3.05, 3.63) is 120 Å². The van der Waals surface area contributed by atoms with Crippen LogP contribution in [0.15, 0.2) is 97.6 Å². The molecule has 0 atom stereocenters. The monoisotopic (exact) mass is 503 g/mol. The predicted octanol–water partition coefficient (Wildman–Crippen LogP) is 0.555. The summed E-state index contributed by atoms with van der Waals surface area (Å²) in [5.74, 6) is -5.49. The van der Waals surface area contributed by atoms with Gasteiger partial charge in [0.1, 0.15) is 0 Å². The first kappa shape index (κ1) is 27.7. The summed E-state index contributed by atoms with van der Waals surface area (Å²) in [5, 5.41) is 41.0. The summed E-state index contributed by atoms with van der Waals surface area (Å²) < 4.78 is 0. The summed E-state index contributed by atoms with van der Waals surface area (Å²) in [7, 11) is 0. The number of hydrogen-bond acceptors (Lipinski definition) is 7. The van der Waals surface area contributed by atoms with Crippen LogP contribution in [-0.4, -0.2) is 34.1 Å². The molecular weight excluding hydrogens is 482 g/mol. The van der Waals surface area contributed by atoms with E-state index in [0.29, 0.717) is 0 Å². The van der Waals surface area contributed by atoms with Crippen molar-refractivity contribution >= 4 is 35.3 Å². The van der Waals surface area contributed by atoms with E-state index in [2.05, 4.69) is 15.3 Å². The van der Waals surface area contributed by atoms with Gasteiger partial charge in [-0.1, -0.05) is 36.4 Å². The maximum atomic E-state index is 10.4. The first-order valence-electron chi connectivity index (χ1n) is 10.5. The van der Waals surface area contributed by atoms with Crippen molar-refractivity contribution in [1.82, 2.24) is 0 Å². The Hall–Kier alpha value is -5.58. The zero-order chi connectivity index (χ0) is 27.2. The van der Waals surface area contributed by atoms with Crippen molar-refractivity contribution in [1.29, 1.82) is 0 Å². The van der Waals surface area contributed by atoms with Gasteiger partial charge in [-0.05, 0) is 12.1 Å². The fourth-order valence-electron chi connectivity index (χ4n) is 2.80. The number of aromatic nitrogens is 2. The highest BCUT2D eigenvalue weighted by molar-refractivity contribution is 6.01. The van der Waals surface area contributed by atoms with E-state index in [1.165, 1.54) is 48.5 Å². The van der Waals surface area contributed by atoms with Crippen LogP contribution >= 0.6 is 0 Å². The van der Waals surface area contributed by atoms with E-state index in [-0.39, 0.29) is 22.3 Å². The molecule has 4 rings (SSSR count). The van der Waals surface area contributed by atoms with E-state index in [1.54, 1.807) is 0 Å². The lowest BCUT2D eigenvalue weighted by molar-refractivity contribution is -0.378. The first-order valence-corrected chi connectivity index (χ1v) is 10.5. The number of pyridine rings is 2. The zero-order valence-electron chi connectivity index (χ0n) is 19.1. The molecule has 2 aromatic heterocycles. The second-order valence-corrected chi connectivity index (χ2v) is 6.98. The van der Waals surface area contributed by atoms with Gasteiger partial charge < -0.3 is 35.3 Å². The number of aromatic carboxylic acids is 4. The number of carboxylic acid groups (broad SMARTS) is 4. The molecule has 5 N–H and O–H groups in total. The molecule has 0 saturated carbocycles. The van der Waals surface area contributed by atoms with Gasteiger partial charge in [0.05, 0.1) is 34.4 Å². The molecular formula is C26H21N3O8. The fourth-order valence-corrected chi connectivity index (χ4v) is 2.80. The third kappa shape index (κ3) is 8.94. The SMILES string of the molecule is O=C([O-])c1ccccc1C(=O)O.O=C([O-])c1ccccc1C(=O)O.c1cc(Nc2cc[nH+]cc2)cc[nH+]1. The minimum absolute atomic E-state index is 0.252. The first-order chi connectivity index (χ1) is 17.7. The molecule has 0 radical (unpaired) electrons. The number of H-pyrrole nitrogens is 2. The Morgan fingerprint density at radius 2 is 0.838 bits per heavy atom. The Kier molecular flexibility index (Phi) is 10.4. The smallest absolute Gasteiger partial charge is 0.336 e. The molecule has 0 unspecified atom stereocenters. The summed E-state index contributed by atoms with van der Waals surface area (Å²) in [6.07, 6.45) is 7.55. The van der Waals surface area contributed by atoms with Crippen LogP contribution in [0.4, 0.5) is 11.4 Å². The topological polar surface area (TPSA) is 195 Å². The van der Waals surface area contributed by atoms with Crippen molar-refractivity contribution in [2.75, 3.05) is 5.32 Å². The molecule has 11 heteroatoms. The molecule has 0 aliphatic heterocycles. The number of aromatic amines is 2. The Morgan fingerprint density at radius 1 is 0.541 bits per heavy atom. The molecule has 0 spiro atoms. The van der Waals surface area contributed by atoms with Gasteiger partial charge in [0.2, 0.25) is 0 Å². The number of hydrogen-bond donors (Lipinski definition) is 3. The molecule has 0 aliphatic carbocycles. The summed E-state index contributed by atoms with van der Waals surface area (Å²) in [6, 6.07) is 18.5. The quantitative estimate of drug-likeness (QED) is 0.337. The van der Waals surface area contributed by atoms with Crippen LogP contribution in [0.2, 0.25) is 0 Å². The van der Waals surface area contributed by atoms with E-state index in [4.69, 9.17) is 10.2 Å². The summed E-state index contributed by atoms with van der Waals surface area (Å²) in [6.45, 7) is 0. The van der Waals surface area contributed by atoms with Crippen LogP contribution in [-0.2, 0) is 0 Å². The lowest BCUT2D eigenvalue weighted by Gasteiger charge is -2.04. The number of carbonyl (C=O) groups excluding carboxylic acids is 2. The summed E-state index contributed by atoms with van der Waals surface area (Å²) in [4.78, 5) is 47.5. The van der Waals surface area contributed by atoms with Gasteiger partial charge in [-0.25, -0.2) is 19.6 Å². The molecule has 0 saturated heterocycles. The van der Waals surface area contributed by atoms with Crippen molar-refractivity contribution in [3.8, 4) is 0 Å². The molecule has 11 nitrogen and oxygen atoms in total. The van der Waals surface area contributed by atoms with Gasteiger partial charge in [0.25, 0.3) is 0 Å². The van der Waals surface area contributed by atoms with Gasteiger partial charge in [0, 0.05) is 35.4 Å². The summed E-state index contributed by atoms with van der Waals surface area (Å²) in [5.41, 5.74) is 1.04. The molecule has 0 amide bonds. The van der Waals surface area contributed by atoms with Crippen molar-refractivity contribution in [3.63, 3.8) is 0 Å². The van der Waals surface area contributed by atoms with E-state index >= 15 is 0 Å². The average Bonchev–Trinajstić information content (AvgIpc) is 2.90. The number of benzene rings is 2. The molecule has 0 aliphatic rings. The molecule has 4 aromatic rings. The van der Waals surface area contributed by atoms with Crippen LogP contribution in [0.1, 0.15) is 41.4 Å². The molecule has 188 valence electrons. The number of anilines is 2. The zero-order valence-corrected chi connectivity index (χ0v) is 19.1. The van der Waals surface area contributed by atoms with E-state index in [0.717, 1.165) is 11.4 Å². The van der Waals surface area contributed by atoms with E-state index in [1.807, 2.05) is 49.1 Å². The highest BCUT2D eigenvalue weighted by Crippen LogP contribution is 2.12. The highest BCUT2D eigenvalue weighted by Gasteiger charge is 2.09. The maximum Gasteiger partial charge on any atom is 0.336 e. The normalized spacial score (nSPS) is 9.41. The maximum absolute atomic E-state index is 10.4. The van der Waals surface area contributed by atoms with Crippen LogP contribution < -0.4 is 25.5 Å². The molecule has 0 fully saturated rings. The molecule has 2 aromatic carbocycles. The predicted molar refractivity (Wildman–Crippen MR) is 125 cm³/mol. The third-order valence-electron chi connectivity index (χ3n) is 4.48. The Morgan fingerprint density at radius 3 is 1.08 bits per heavy atom. The Labute approximate surface area is 210 Å². The van der Waals surface area contributed by atoms with Crippen LogP contribution in [0.25, 0.3) is 0 Å². The minimum Gasteiger partial charge on any atom is -0.545 e. The van der Waals surface area contributed by atoms with E-state index in [9.17, 15) is 29.4 Å². The number of carbonyl (C=O) groups is 4. The van der Waals surface area contributed by atoms with Crippen molar-refractivity contribution in [2.24, 2.45) is 0 Å². The standard InChI is InChI=1S/C10H9N3.2C8H6O4/c1-5-11-6-2-9(1)13-10-3-7-12-8-4-10;2*9-7(10)5-3-1-2-4-6(5)8(11)12/h1-8H,(H,11,12,13);2*1-4H,(H,9,10)(H,11,12). The lowest BCUT2D eigenvalue weighted by atomic mass is 10.1. The third-order valence-corrected chi connectivity index (χ3v) is 4.48. The molecule has 0 bridgehead atoms. The van der Waals surface area contributed by atoms with Crippen LogP contribution in [0.5, 0.6) is 0 Å². The van der Waals surface area contributed by atoms with Gasteiger partial charge in [-0.15, -0.1) is 0 Å². The lowest BCUT2D eigenvalue weighted by Crippen LogP contribution is -2.24. The highest BCUT2D eigenvalue weighted by atomic mass is 16.4. The van der Waals surface area contributed by atoms with Crippen LogP contribution in [0, 0.1) is 0 Å². The largest absolute Gasteiger partial charge is 0.545 e. The molecule has 37 heavy (non-hydrogen) atoms. The molecule has 2 heterocycles. The average molecular weight is 503 g/mol. The van der Waals surface area contributed by atoms with Crippen LogP contribution in [0.3, 0.4) is 0 Å². The Bertz CT molecular complexity index is 1190. The fraction of sp³-hybridized carbons (Fsp3) is 0. The van der Waals surface area contributed by atoms with Crippen molar-refractivity contribution in [2.45, 2.75) is 0 Å². The summed E-state index contributed by atoms with van der Waals surface area (Å²) >= 11 is 0. The van der Waals surface area contributed by atoms with Gasteiger partial charge in [-0.2, -0.15) is 0 Å². The second kappa shape index (κ2) is 14.0. The van der Waals surface area contributed by atoms with Gasteiger partial charge in [0.15, 0.2) is 24.8 Å². The van der Waals surface area contributed by atoms with Crippen molar-refractivity contribution < 1.29 is 49.6 Å². The number of nitrogens with one attached hydrogen (secondary N) is 3. The Balaban J connectivity index is 0.000000195. The van der Waals surface area contributed by atoms with E-state index < -0.39 is 23.9 Å². The number of rotatable bonds is 6. The second-order valence-electron chi connectivity index (χ2n) is 6.98. The van der Waals surface area contributed by atoms with Gasteiger partial charge in [-0.3, -0.25) is 0 Å². The van der Waals surface area contributed by atoms with Gasteiger partial charge >= 0.3 is 11.9 Å². The minimum atomic E-state index is -1.48.